The van der Waals surface area contributed by atoms with E-state index >= 15 is 0 Å². The number of anilines is 1. The van der Waals surface area contributed by atoms with Crippen molar-refractivity contribution < 1.29 is 4.21 Å². The summed E-state index contributed by atoms with van der Waals surface area (Å²) in [7, 11) is -0.945. The van der Waals surface area contributed by atoms with E-state index in [0.717, 1.165) is 23.7 Å². The number of benzene rings is 1. The Kier molecular flexibility index (Phi) is 4.68. The SMILES string of the molecule is CCC1CCC(S(=O)c2ccc(N)c(Cl)c2)CC1. The minimum absolute atomic E-state index is 0.285. The molecule has 2 nitrogen and oxygen atoms in total. The molecule has 2 rings (SSSR count). The first kappa shape index (κ1) is 13.9. The first-order chi connectivity index (χ1) is 8.61. The van der Waals surface area contributed by atoms with Gasteiger partial charge in [0.2, 0.25) is 0 Å². The summed E-state index contributed by atoms with van der Waals surface area (Å²) in [6.07, 6.45) is 5.78. The van der Waals surface area contributed by atoms with Crippen LogP contribution in [0.15, 0.2) is 23.1 Å². The molecule has 1 saturated carbocycles. The van der Waals surface area contributed by atoms with Crippen molar-refractivity contribution in [1.82, 2.24) is 0 Å². The van der Waals surface area contributed by atoms with Crippen LogP contribution in [0.25, 0.3) is 0 Å². The van der Waals surface area contributed by atoms with Gasteiger partial charge >= 0.3 is 0 Å². The lowest BCUT2D eigenvalue weighted by Crippen LogP contribution is -2.23. The zero-order valence-corrected chi connectivity index (χ0v) is 12.3. The van der Waals surface area contributed by atoms with Gasteiger partial charge in [0.25, 0.3) is 0 Å². The van der Waals surface area contributed by atoms with Crippen molar-refractivity contribution in [3.05, 3.63) is 23.2 Å². The Hall–Kier alpha value is -0.540. The normalized spacial score (nSPS) is 25.9. The number of nitrogen functional groups attached to an aromatic ring is 1. The highest BCUT2D eigenvalue weighted by molar-refractivity contribution is 7.85. The molecule has 100 valence electrons. The maximum atomic E-state index is 12.5. The van der Waals surface area contributed by atoms with E-state index in [0.29, 0.717) is 10.7 Å². The van der Waals surface area contributed by atoms with E-state index < -0.39 is 10.8 Å². The van der Waals surface area contributed by atoms with E-state index in [-0.39, 0.29) is 5.25 Å². The lowest BCUT2D eigenvalue weighted by molar-refractivity contribution is 0.353. The molecule has 0 heterocycles. The van der Waals surface area contributed by atoms with E-state index in [4.69, 9.17) is 17.3 Å². The average Bonchev–Trinajstić information content (AvgIpc) is 2.41. The van der Waals surface area contributed by atoms with Crippen molar-refractivity contribution in [2.75, 3.05) is 5.73 Å². The smallest absolute Gasteiger partial charge is 0.0647 e. The molecular weight excluding hydrogens is 266 g/mol. The number of hydrogen-bond donors (Lipinski definition) is 1. The second kappa shape index (κ2) is 6.07. The molecule has 1 atom stereocenters. The van der Waals surface area contributed by atoms with Gasteiger partial charge in [-0.15, -0.1) is 0 Å². The van der Waals surface area contributed by atoms with E-state index in [1.54, 1.807) is 12.1 Å². The Labute approximate surface area is 116 Å². The fourth-order valence-electron chi connectivity index (χ4n) is 2.58. The van der Waals surface area contributed by atoms with Crippen molar-refractivity contribution >= 4 is 28.1 Å². The lowest BCUT2D eigenvalue weighted by Gasteiger charge is -2.27. The maximum absolute atomic E-state index is 12.5. The molecule has 2 N–H and O–H groups in total. The summed E-state index contributed by atoms with van der Waals surface area (Å²) < 4.78 is 12.5. The minimum atomic E-state index is -0.945. The molecule has 1 aliphatic rings. The minimum Gasteiger partial charge on any atom is -0.398 e. The zero-order chi connectivity index (χ0) is 13.1. The van der Waals surface area contributed by atoms with Gasteiger partial charge in [-0.3, -0.25) is 4.21 Å². The zero-order valence-electron chi connectivity index (χ0n) is 10.7. The van der Waals surface area contributed by atoms with Gasteiger partial charge in [0.15, 0.2) is 0 Å². The topological polar surface area (TPSA) is 43.1 Å². The van der Waals surface area contributed by atoms with Crippen LogP contribution in [0.1, 0.15) is 39.0 Å². The fourth-order valence-corrected chi connectivity index (χ4v) is 4.35. The van der Waals surface area contributed by atoms with Crippen molar-refractivity contribution in [1.29, 1.82) is 0 Å². The molecule has 1 aromatic carbocycles. The highest BCUT2D eigenvalue weighted by Gasteiger charge is 2.25. The van der Waals surface area contributed by atoms with E-state index in [1.807, 2.05) is 6.07 Å². The van der Waals surface area contributed by atoms with Gasteiger partial charge in [0, 0.05) is 10.1 Å². The highest BCUT2D eigenvalue weighted by Crippen LogP contribution is 2.32. The van der Waals surface area contributed by atoms with Crippen molar-refractivity contribution in [2.45, 2.75) is 49.2 Å². The molecule has 0 amide bonds. The predicted octanol–water partition coefficient (Wildman–Crippen LogP) is 4.00. The first-order valence-electron chi connectivity index (χ1n) is 6.57. The first-order valence-corrected chi connectivity index (χ1v) is 8.16. The molecule has 1 aromatic rings. The van der Waals surface area contributed by atoms with Crippen LogP contribution in [0.5, 0.6) is 0 Å². The fraction of sp³-hybridized carbons (Fsp3) is 0.571. The number of halogens is 1. The molecule has 0 saturated heterocycles. The van der Waals surface area contributed by atoms with E-state index in [9.17, 15) is 4.21 Å². The third-order valence-corrected chi connectivity index (χ3v) is 6.00. The summed E-state index contributed by atoms with van der Waals surface area (Å²) in [6, 6.07) is 5.33. The van der Waals surface area contributed by atoms with Gasteiger partial charge in [-0.1, -0.05) is 24.9 Å². The Bertz CT molecular complexity index is 441. The van der Waals surface area contributed by atoms with Crippen LogP contribution in [-0.4, -0.2) is 9.46 Å². The van der Waals surface area contributed by atoms with Gasteiger partial charge < -0.3 is 5.73 Å². The van der Waals surface area contributed by atoms with Crippen LogP contribution in [0.3, 0.4) is 0 Å². The van der Waals surface area contributed by atoms with Crippen LogP contribution >= 0.6 is 11.6 Å². The second-order valence-corrected chi connectivity index (χ2v) is 7.17. The van der Waals surface area contributed by atoms with Crippen molar-refractivity contribution in [3.8, 4) is 0 Å². The van der Waals surface area contributed by atoms with E-state index in [2.05, 4.69) is 6.92 Å². The maximum Gasteiger partial charge on any atom is 0.0647 e. The summed E-state index contributed by atoms with van der Waals surface area (Å²) in [5.41, 5.74) is 6.22. The largest absolute Gasteiger partial charge is 0.398 e. The second-order valence-electron chi connectivity index (χ2n) is 5.03. The summed E-state index contributed by atoms with van der Waals surface area (Å²) in [5.74, 6) is 0.827. The third kappa shape index (κ3) is 3.07. The van der Waals surface area contributed by atoms with Crippen molar-refractivity contribution in [3.63, 3.8) is 0 Å². The monoisotopic (exact) mass is 285 g/mol. The van der Waals surface area contributed by atoms with Crippen LogP contribution in [0, 0.1) is 5.92 Å². The molecule has 0 bridgehead atoms. The molecule has 4 heteroatoms. The van der Waals surface area contributed by atoms with Crippen LogP contribution in [0.4, 0.5) is 5.69 Å². The Morgan fingerprint density at radius 2 is 2.00 bits per heavy atom. The Balaban J connectivity index is 2.05. The molecule has 1 fully saturated rings. The Morgan fingerprint density at radius 1 is 1.33 bits per heavy atom. The van der Waals surface area contributed by atoms with Crippen LogP contribution in [0.2, 0.25) is 5.02 Å². The van der Waals surface area contributed by atoms with Gasteiger partial charge in [-0.05, 0) is 49.8 Å². The predicted molar refractivity (Wildman–Crippen MR) is 78.3 cm³/mol. The molecular formula is C14H20ClNOS. The standard InChI is InChI=1S/C14H20ClNOS/c1-2-10-3-5-11(6-4-10)18(17)12-7-8-14(16)13(15)9-12/h7-11H,2-6,16H2,1H3. The average molecular weight is 286 g/mol. The quantitative estimate of drug-likeness (QED) is 0.853. The Morgan fingerprint density at radius 3 is 2.56 bits per heavy atom. The van der Waals surface area contributed by atoms with Gasteiger partial charge in [-0.2, -0.15) is 0 Å². The summed E-state index contributed by atoms with van der Waals surface area (Å²) >= 11 is 5.98. The van der Waals surface area contributed by atoms with Gasteiger partial charge in [0.05, 0.1) is 21.5 Å². The molecule has 1 unspecified atom stereocenters. The van der Waals surface area contributed by atoms with Crippen LogP contribution in [-0.2, 0) is 10.8 Å². The summed E-state index contributed by atoms with van der Waals surface area (Å²) in [6.45, 7) is 2.24. The van der Waals surface area contributed by atoms with Crippen LogP contribution < -0.4 is 5.73 Å². The lowest BCUT2D eigenvalue weighted by atomic mass is 9.87. The highest BCUT2D eigenvalue weighted by atomic mass is 35.5. The third-order valence-electron chi connectivity index (χ3n) is 3.88. The molecule has 0 spiro atoms. The molecule has 18 heavy (non-hydrogen) atoms. The molecule has 0 aliphatic heterocycles. The number of rotatable bonds is 3. The summed E-state index contributed by atoms with van der Waals surface area (Å²) in [4.78, 5) is 0.814. The molecule has 0 radical (unpaired) electrons. The number of hydrogen-bond acceptors (Lipinski definition) is 2. The molecule has 1 aliphatic carbocycles. The number of nitrogens with two attached hydrogens (primary N) is 1. The van der Waals surface area contributed by atoms with Crippen molar-refractivity contribution in [2.24, 2.45) is 5.92 Å². The van der Waals surface area contributed by atoms with E-state index in [1.165, 1.54) is 19.3 Å². The van der Waals surface area contributed by atoms with Gasteiger partial charge in [0.1, 0.15) is 0 Å². The summed E-state index contributed by atoms with van der Waals surface area (Å²) in [5, 5.41) is 0.788. The van der Waals surface area contributed by atoms with Gasteiger partial charge in [-0.25, -0.2) is 0 Å². The molecule has 0 aromatic heterocycles.